The molecule has 0 saturated carbocycles. The van der Waals surface area contributed by atoms with Crippen LogP contribution < -0.4 is 10.2 Å². The third-order valence-corrected chi connectivity index (χ3v) is 4.58. The second-order valence-electron chi connectivity index (χ2n) is 4.80. The Morgan fingerprint density at radius 1 is 1.30 bits per heavy atom. The van der Waals surface area contributed by atoms with Gasteiger partial charge in [-0.2, -0.15) is 5.10 Å². The van der Waals surface area contributed by atoms with Crippen LogP contribution >= 0.6 is 11.3 Å². The van der Waals surface area contributed by atoms with Crippen LogP contribution in [0.5, 0.6) is 0 Å². The predicted octanol–water partition coefficient (Wildman–Crippen LogP) is 2.95. The van der Waals surface area contributed by atoms with Gasteiger partial charge in [0.25, 0.3) is 0 Å². The number of rotatable bonds is 6. The molecule has 0 saturated heterocycles. The molecule has 1 N–H and O–H groups in total. The van der Waals surface area contributed by atoms with Crippen molar-refractivity contribution in [3.63, 3.8) is 0 Å². The smallest absolute Gasteiger partial charge is 0.185 e. The summed E-state index contributed by atoms with van der Waals surface area (Å²) in [6.45, 7) is 11.2. The van der Waals surface area contributed by atoms with E-state index in [-0.39, 0.29) is 0 Å². The molecule has 0 aliphatic rings. The molecule has 0 unspecified atom stereocenters. The number of aryl methyl sites for hydroxylation is 2. The second-order valence-corrected chi connectivity index (χ2v) is 5.90. The first-order valence-electron chi connectivity index (χ1n) is 7.00. The molecule has 0 fully saturated rings. The predicted molar refractivity (Wildman–Crippen MR) is 85.7 cm³/mol. The lowest BCUT2D eigenvalue weighted by Crippen LogP contribution is -2.21. The molecule has 6 heteroatoms. The van der Waals surface area contributed by atoms with Crippen molar-refractivity contribution in [2.75, 3.05) is 23.3 Å². The van der Waals surface area contributed by atoms with Crippen LogP contribution in [0, 0.1) is 13.8 Å². The zero-order chi connectivity index (χ0) is 14.7. The maximum absolute atomic E-state index is 4.50. The van der Waals surface area contributed by atoms with Crippen molar-refractivity contribution >= 4 is 22.2 Å². The second kappa shape index (κ2) is 6.26. The molecular formula is C14H23N5S. The molecule has 2 heterocycles. The third kappa shape index (κ3) is 2.95. The first-order chi connectivity index (χ1) is 9.56. The van der Waals surface area contributed by atoms with Crippen LogP contribution in [0.25, 0.3) is 0 Å². The first kappa shape index (κ1) is 14.8. The van der Waals surface area contributed by atoms with Gasteiger partial charge in [0.05, 0.1) is 23.6 Å². The Hall–Kier alpha value is -1.56. The van der Waals surface area contributed by atoms with Gasteiger partial charge >= 0.3 is 0 Å². The highest BCUT2D eigenvalue weighted by Crippen LogP contribution is 2.24. The Morgan fingerprint density at radius 2 is 2.00 bits per heavy atom. The van der Waals surface area contributed by atoms with E-state index in [1.807, 2.05) is 24.9 Å². The summed E-state index contributed by atoms with van der Waals surface area (Å²) >= 11 is 1.75. The largest absolute Gasteiger partial charge is 0.377 e. The summed E-state index contributed by atoms with van der Waals surface area (Å²) in [4.78, 5) is 8.02. The summed E-state index contributed by atoms with van der Waals surface area (Å²) in [7, 11) is 1.97. The van der Waals surface area contributed by atoms with Gasteiger partial charge in [0.2, 0.25) is 0 Å². The highest BCUT2D eigenvalue weighted by Gasteiger charge is 2.11. The Balaban J connectivity index is 2.04. The van der Waals surface area contributed by atoms with Gasteiger partial charge in [-0.1, -0.05) is 0 Å². The zero-order valence-corrected chi connectivity index (χ0v) is 13.7. The van der Waals surface area contributed by atoms with Gasteiger partial charge in [-0.15, -0.1) is 11.3 Å². The van der Waals surface area contributed by atoms with Crippen LogP contribution in [0.4, 0.5) is 10.8 Å². The van der Waals surface area contributed by atoms with Crippen molar-refractivity contribution < 1.29 is 0 Å². The highest BCUT2D eigenvalue weighted by molar-refractivity contribution is 7.15. The summed E-state index contributed by atoms with van der Waals surface area (Å²) in [6, 6.07) is 0. The van der Waals surface area contributed by atoms with Crippen LogP contribution in [0.15, 0.2) is 6.20 Å². The maximum Gasteiger partial charge on any atom is 0.185 e. The maximum atomic E-state index is 4.50. The molecule has 0 radical (unpaired) electrons. The number of nitrogens with one attached hydrogen (secondary N) is 1. The molecule has 0 atom stereocenters. The normalized spacial score (nSPS) is 10.8. The lowest BCUT2D eigenvalue weighted by atomic mass is 10.3. The number of nitrogens with zero attached hydrogens (tertiary/aromatic N) is 4. The zero-order valence-electron chi connectivity index (χ0n) is 12.9. The summed E-state index contributed by atoms with van der Waals surface area (Å²) in [5.41, 5.74) is 3.33. The van der Waals surface area contributed by atoms with Gasteiger partial charge < -0.3 is 10.2 Å². The van der Waals surface area contributed by atoms with Crippen molar-refractivity contribution in [3.8, 4) is 0 Å². The molecule has 0 aliphatic carbocycles. The van der Waals surface area contributed by atoms with Crippen LogP contribution in [0.1, 0.15) is 30.1 Å². The highest BCUT2D eigenvalue weighted by atomic mass is 32.1. The van der Waals surface area contributed by atoms with Gasteiger partial charge in [-0.25, -0.2) is 4.98 Å². The number of thiazole rings is 1. The van der Waals surface area contributed by atoms with Gasteiger partial charge in [0.1, 0.15) is 0 Å². The van der Waals surface area contributed by atoms with Crippen molar-refractivity contribution in [2.24, 2.45) is 7.05 Å². The Kier molecular flexibility index (Phi) is 4.65. The number of hydrogen-bond acceptors (Lipinski definition) is 5. The molecule has 20 heavy (non-hydrogen) atoms. The van der Waals surface area contributed by atoms with E-state index in [4.69, 9.17) is 0 Å². The molecule has 0 bridgehead atoms. The summed E-state index contributed by atoms with van der Waals surface area (Å²) in [6.07, 6.45) is 1.96. The molecule has 2 rings (SSSR count). The van der Waals surface area contributed by atoms with Crippen molar-refractivity contribution in [2.45, 2.75) is 34.2 Å². The average molecular weight is 293 g/mol. The molecule has 5 nitrogen and oxygen atoms in total. The van der Waals surface area contributed by atoms with Crippen molar-refractivity contribution in [1.82, 2.24) is 14.8 Å². The molecule has 110 valence electrons. The fourth-order valence-corrected chi connectivity index (χ4v) is 3.20. The van der Waals surface area contributed by atoms with E-state index in [0.29, 0.717) is 0 Å². The number of hydrogen-bond donors (Lipinski definition) is 1. The van der Waals surface area contributed by atoms with E-state index in [1.165, 1.54) is 4.88 Å². The van der Waals surface area contributed by atoms with Gasteiger partial charge in [-0.3, -0.25) is 4.68 Å². The summed E-state index contributed by atoms with van der Waals surface area (Å²) in [5.74, 6) is 0. The van der Waals surface area contributed by atoms with Crippen molar-refractivity contribution in [1.29, 1.82) is 0 Å². The standard InChI is InChI=1S/C14H23N5S/c1-6-19(7-2)14-16-9-12(20-14)8-15-13-10(3)17-18(5)11(13)4/h9,15H,6-8H2,1-5H3. The summed E-state index contributed by atoms with van der Waals surface area (Å²) in [5, 5.41) is 8.99. The van der Waals surface area contributed by atoms with Crippen LogP contribution in [0.2, 0.25) is 0 Å². The topological polar surface area (TPSA) is 46.0 Å². The van der Waals surface area contributed by atoms with E-state index in [1.54, 1.807) is 11.3 Å². The Labute approximate surface area is 124 Å². The fourth-order valence-electron chi connectivity index (χ4n) is 2.22. The molecule has 0 amide bonds. The van der Waals surface area contributed by atoms with E-state index in [0.717, 1.165) is 41.8 Å². The third-order valence-electron chi connectivity index (χ3n) is 3.52. The van der Waals surface area contributed by atoms with Gasteiger partial charge in [0, 0.05) is 31.2 Å². The SMILES string of the molecule is CCN(CC)c1ncc(CNc2c(C)nn(C)c2C)s1. The van der Waals surface area contributed by atoms with E-state index in [9.17, 15) is 0 Å². The minimum absolute atomic E-state index is 0.798. The fraction of sp³-hybridized carbons (Fsp3) is 0.571. The average Bonchev–Trinajstić information content (AvgIpc) is 2.97. The Bertz CT molecular complexity index is 568. The lowest BCUT2D eigenvalue weighted by Gasteiger charge is -2.16. The van der Waals surface area contributed by atoms with Crippen LogP contribution in [-0.2, 0) is 13.6 Å². The molecule has 0 aliphatic heterocycles. The van der Waals surface area contributed by atoms with E-state index < -0.39 is 0 Å². The van der Waals surface area contributed by atoms with Gasteiger partial charge in [0.15, 0.2) is 5.13 Å². The van der Waals surface area contributed by atoms with Gasteiger partial charge in [-0.05, 0) is 27.7 Å². The molecule has 0 spiro atoms. The molecule has 0 aromatic carbocycles. The number of anilines is 2. The van der Waals surface area contributed by atoms with E-state index in [2.05, 4.69) is 41.1 Å². The van der Waals surface area contributed by atoms with Crippen LogP contribution in [0.3, 0.4) is 0 Å². The monoisotopic (exact) mass is 293 g/mol. The molecular weight excluding hydrogens is 270 g/mol. The van der Waals surface area contributed by atoms with Crippen LogP contribution in [-0.4, -0.2) is 27.9 Å². The van der Waals surface area contributed by atoms with E-state index >= 15 is 0 Å². The van der Waals surface area contributed by atoms with Crippen molar-refractivity contribution in [3.05, 3.63) is 22.5 Å². The quantitative estimate of drug-likeness (QED) is 0.889. The number of aromatic nitrogens is 3. The lowest BCUT2D eigenvalue weighted by molar-refractivity contribution is 0.731. The minimum atomic E-state index is 0.798. The molecule has 2 aromatic heterocycles. The Morgan fingerprint density at radius 3 is 2.55 bits per heavy atom. The minimum Gasteiger partial charge on any atom is -0.377 e. The molecule has 2 aromatic rings. The summed E-state index contributed by atoms with van der Waals surface area (Å²) < 4.78 is 1.91. The first-order valence-corrected chi connectivity index (χ1v) is 7.82.